The van der Waals surface area contributed by atoms with Gasteiger partial charge in [-0.1, -0.05) is 11.6 Å². The monoisotopic (exact) mass is 269 g/mol. The summed E-state index contributed by atoms with van der Waals surface area (Å²) in [7, 11) is 0. The van der Waals surface area contributed by atoms with Crippen LogP contribution in [0.2, 0.25) is 0 Å². The van der Waals surface area contributed by atoms with Crippen LogP contribution in [0.15, 0.2) is 41.0 Å². The first-order chi connectivity index (χ1) is 9.58. The van der Waals surface area contributed by atoms with Gasteiger partial charge in [0.1, 0.15) is 0 Å². The molecule has 0 fully saturated rings. The molecule has 0 saturated carbocycles. The van der Waals surface area contributed by atoms with E-state index in [0.29, 0.717) is 22.4 Å². The van der Waals surface area contributed by atoms with Crippen molar-refractivity contribution in [3.8, 4) is 11.5 Å². The number of aliphatic carboxylic acids is 1. The van der Waals surface area contributed by atoms with Crippen LogP contribution in [0.25, 0.3) is 22.4 Å². The zero-order valence-electron chi connectivity index (χ0n) is 10.6. The molecule has 3 aromatic rings. The zero-order chi connectivity index (χ0) is 14.3. The summed E-state index contributed by atoms with van der Waals surface area (Å²) in [6.45, 7) is 1.88. The predicted octanol–water partition coefficient (Wildman–Crippen LogP) is 3.00. The summed E-state index contributed by atoms with van der Waals surface area (Å²) in [5, 5.41) is 9.60. The molecule has 0 amide bonds. The number of rotatable bonds is 3. The molecule has 5 nitrogen and oxygen atoms in total. The highest BCUT2D eigenvalue weighted by molar-refractivity contribution is 6.43. The lowest BCUT2D eigenvalue weighted by Crippen LogP contribution is -2.13. The van der Waals surface area contributed by atoms with Gasteiger partial charge in [-0.25, -0.2) is 4.79 Å². The molecular weight excluding hydrogens is 258 g/mol. The Labute approximate surface area is 113 Å². The summed E-state index contributed by atoms with van der Waals surface area (Å²) in [4.78, 5) is 26.1. The van der Waals surface area contributed by atoms with E-state index in [1.165, 1.54) is 6.26 Å². The molecule has 0 radical (unpaired) electrons. The van der Waals surface area contributed by atoms with Gasteiger partial charge in [0.25, 0.3) is 5.78 Å². The van der Waals surface area contributed by atoms with Gasteiger partial charge >= 0.3 is 5.97 Å². The van der Waals surface area contributed by atoms with Gasteiger partial charge < -0.3 is 14.5 Å². The maximum Gasteiger partial charge on any atom is 0.377 e. The van der Waals surface area contributed by atoms with E-state index in [1.54, 1.807) is 18.2 Å². The fourth-order valence-corrected chi connectivity index (χ4v) is 2.25. The Balaban J connectivity index is 2.37. The number of nitrogens with one attached hydrogen (secondary N) is 1. The van der Waals surface area contributed by atoms with E-state index in [4.69, 9.17) is 9.52 Å². The number of H-pyrrole nitrogens is 1. The molecule has 3 rings (SSSR count). The Kier molecular flexibility index (Phi) is 2.68. The van der Waals surface area contributed by atoms with E-state index in [0.717, 1.165) is 5.56 Å². The van der Waals surface area contributed by atoms with Crippen LogP contribution in [0.5, 0.6) is 0 Å². The summed E-state index contributed by atoms with van der Waals surface area (Å²) < 4.78 is 5.27. The number of hydrogen-bond acceptors (Lipinski definition) is 3. The van der Waals surface area contributed by atoms with Crippen LogP contribution in [0.1, 0.15) is 15.9 Å². The van der Waals surface area contributed by atoms with Gasteiger partial charge in [0.15, 0.2) is 5.76 Å². The minimum Gasteiger partial charge on any atom is -0.475 e. The third-order valence-electron chi connectivity index (χ3n) is 3.14. The number of benzene rings is 1. The summed E-state index contributed by atoms with van der Waals surface area (Å²) >= 11 is 0. The Morgan fingerprint density at radius 1 is 1.25 bits per heavy atom. The van der Waals surface area contributed by atoms with E-state index >= 15 is 0 Å². The van der Waals surface area contributed by atoms with Crippen LogP contribution >= 0.6 is 0 Å². The molecule has 0 bridgehead atoms. The molecule has 1 aromatic carbocycles. The quantitative estimate of drug-likeness (QED) is 0.565. The number of aromatic nitrogens is 1. The summed E-state index contributed by atoms with van der Waals surface area (Å²) in [6.07, 6.45) is 1.47. The first kappa shape index (κ1) is 12.2. The second-order valence-electron chi connectivity index (χ2n) is 4.54. The normalized spacial score (nSPS) is 10.8. The van der Waals surface area contributed by atoms with Gasteiger partial charge in [0, 0.05) is 10.9 Å². The third-order valence-corrected chi connectivity index (χ3v) is 3.14. The number of ketones is 1. The average Bonchev–Trinajstić information content (AvgIpc) is 3.03. The van der Waals surface area contributed by atoms with Gasteiger partial charge in [0.2, 0.25) is 0 Å². The fraction of sp³-hybridized carbons (Fsp3) is 0.0667. The molecule has 100 valence electrons. The van der Waals surface area contributed by atoms with Crippen LogP contribution in [0.3, 0.4) is 0 Å². The number of carbonyl (C=O) groups is 2. The van der Waals surface area contributed by atoms with Gasteiger partial charge in [-0.3, -0.25) is 4.79 Å². The molecule has 0 spiro atoms. The van der Waals surface area contributed by atoms with Gasteiger partial charge in [0.05, 0.1) is 17.5 Å². The van der Waals surface area contributed by atoms with Crippen molar-refractivity contribution in [2.45, 2.75) is 6.92 Å². The highest BCUT2D eigenvalue weighted by Crippen LogP contribution is 2.31. The Hall–Kier alpha value is -2.82. The highest BCUT2D eigenvalue weighted by Gasteiger charge is 2.25. The van der Waals surface area contributed by atoms with Crippen LogP contribution < -0.4 is 0 Å². The lowest BCUT2D eigenvalue weighted by atomic mass is 10.0. The molecule has 0 unspecified atom stereocenters. The van der Waals surface area contributed by atoms with E-state index < -0.39 is 11.8 Å². The van der Waals surface area contributed by atoms with Gasteiger partial charge in [-0.2, -0.15) is 0 Å². The van der Waals surface area contributed by atoms with Crippen molar-refractivity contribution in [2.24, 2.45) is 0 Å². The van der Waals surface area contributed by atoms with Crippen LogP contribution in [0, 0.1) is 6.92 Å². The van der Waals surface area contributed by atoms with Crippen LogP contribution in [-0.4, -0.2) is 21.8 Å². The maximum atomic E-state index is 12.0. The summed E-state index contributed by atoms with van der Waals surface area (Å²) in [6, 6.07) is 8.85. The number of hydrogen-bond donors (Lipinski definition) is 2. The number of furan rings is 1. The summed E-state index contributed by atoms with van der Waals surface area (Å²) in [5.41, 5.74) is 2.17. The fourth-order valence-electron chi connectivity index (χ4n) is 2.25. The molecule has 0 aliphatic heterocycles. The minimum atomic E-state index is -1.49. The molecule has 0 aliphatic carbocycles. The topological polar surface area (TPSA) is 83.3 Å². The van der Waals surface area contributed by atoms with E-state index in [1.807, 2.05) is 19.1 Å². The first-order valence-electron chi connectivity index (χ1n) is 6.02. The highest BCUT2D eigenvalue weighted by atomic mass is 16.4. The number of carboxylic acid groups (broad SMARTS) is 1. The number of aryl methyl sites for hydroxylation is 1. The molecule has 0 aliphatic rings. The second-order valence-corrected chi connectivity index (χ2v) is 4.54. The Morgan fingerprint density at radius 3 is 2.70 bits per heavy atom. The maximum absolute atomic E-state index is 12.0. The molecule has 0 atom stereocenters. The number of carboxylic acids is 1. The van der Waals surface area contributed by atoms with E-state index in [-0.39, 0.29) is 5.56 Å². The van der Waals surface area contributed by atoms with Crippen molar-refractivity contribution in [1.29, 1.82) is 0 Å². The Bertz CT molecular complexity index is 812. The van der Waals surface area contributed by atoms with Crippen molar-refractivity contribution in [1.82, 2.24) is 4.98 Å². The lowest BCUT2D eigenvalue weighted by molar-refractivity contribution is -0.131. The minimum absolute atomic E-state index is 0.131. The number of carbonyl (C=O) groups excluding carboxylic acids is 1. The standard InChI is InChI=1S/C15H11NO4/c1-8-4-5-10-9(7-8)12(14(17)15(18)19)13(16-10)11-3-2-6-20-11/h2-7,16H,1H3,(H,18,19). The first-order valence-corrected chi connectivity index (χ1v) is 6.02. The Morgan fingerprint density at radius 2 is 2.05 bits per heavy atom. The largest absolute Gasteiger partial charge is 0.475 e. The molecule has 5 heteroatoms. The van der Waals surface area contributed by atoms with Crippen LogP contribution in [0.4, 0.5) is 0 Å². The average molecular weight is 269 g/mol. The van der Waals surface area contributed by atoms with Crippen molar-refractivity contribution < 1.29 is 19.1 Å². The second kappa shape index (κ2) is 4.38. The SMILES string of the molecule is Cc1ccc2[nH]c(-c3ccco3)c(C(=O)C(=O)O)c2c1. The summed E-state index contributed by atoms with van der Waals surface area (Å²) in [5.74, 6) is -2.00. The van der Waals surface area contributed by atoms with Crippen molar-refractivity contribution >= 4 is 22.7 Å². The molecule has 2 heterocycles. The van der Waals surface area contributed by atoms with Crippen molar-refractivity contribution in [2.75, 3.05) is 0 Å². The molecule has 2 aromatic heterocycles. The number of aromatic amines is 1. The molecule has 2 N–H and O–H groups in total. The van der Waals surface area contributed by atoms with E-state index in [2.05, 4.69) is 4.98 Å². The van der Waals surface area contributed by atoms with Crippen molar-refractivity contribution in [3.63, 3.8) is 0 Å². The van der Waals surface area contributed by atoms with Crippen LogP contribution in [-0.2, 0) is 4.79 Å². The third kappa shape index (κ3) is 1.80. The van der Waals surface area contributed by atoms with Gasteiger partial charge in [-0.15, -0.1) is 0 Å². The lowest BCUT2D eigenvalue weighted by Gasteiger charge is -1.99. The smallest absolute Gasteiger partial charge is 0.377 e. The molecule has 0 saturated heterocycles. The number of Topliss-reactive ketones (excluding diaryl/α,β-unsaturated/α-hetero) is 1. The number of fused-ring (bicyclic) bond motifs is 1. The van der Waals surface area contributed by atoms with E-state index in [9.17, 15) is 9.59 Å². The zero-order valence-corrected chi connectivity index (χ0v) is 10.6. The predicted molar refractivity (Wildman–Crippen MR) is 72.7 cm³/mol. The molecular formula is C15H11NO4. The van der Waals surface area contributed by atoms with Crippen molar-refractivity contribution in [3.05, 3.63) is 47.7 Å². The van der Waals surface area contributed by atoms with Gasteiger partial charge in [-0.05, 0) is 31.2 Å². The molecule has 20 heavy (non-hydrogen) atoms.